The van der Waals surface area contributed by atoms with Gasteiger partial charge in [0.1, 0.15) is 11.6 Å². The van der Waals surface area contributed by atoms with Crippen molar-refractivity contribution in [1.82, 2.24) is 9.88 Å². The van der Waals surface area contributed by atoms with E-state index in [1.54, 1.807) is 30.0 Å². The van der Waals surface area contributed by atoms with Crippen molar-refractivity contribution in [2.24, 2.45) is 5.92 Å². The highest BCUT2D eigenvalue weighted by atomic mass is 19.1. The molecule has 0 radical (unpaired) electrons. The van der Waals surface area contributed by atoms with Gasteiger partial charge in [-0.15, -0.1) is 0 Å². The number of nitrogens with one attached hydrogen (secondary N) is 1. The van der Waals surface area contributed by atoms with Crippen molar-refractivity contribution in [3.63, 3.8) is 0 Å². The number of hydrogen-bond donors (Lipinski definition) is 2. The van der Waals surface area contributed by atoms with Gasteiger partial charge in [0.05, 0.1) is 17.9 Å². The van der Waals surface area contributed by atoms with Crippen molar-refractivity contribution in [2.75, 3.05) is 17.6 Å². The molecule has 0 unspecified atom stereocenters. The second-order valence-electron chi connectivity index (χ2n) is 7.09. The number of carbonyl (C=O) groups is 2. The number of aryl methyl sites for hydroxylation is 1. The van der Waals surface area contributed by atoms with Crippen molar-refractivity contribution in [1.29, 1.82) is 0 Å². The van der Waals surface area contributed by atoms with Crippen LogP contribution in [0.2, 0.25) is 0 Å². The molecule has 2 atom stereocenters. The minimum Gasteiger partial charge on any atom is -0.383 e. The maximum Gasteiger partial charge on any atom is 0.313 e. The summed E-state index contributed by atoms with van der Waals surface area (Å²) in [5.74, 6) is -0.989. The van der Waals surface area contributed by atoms with E-state index >= 15 is 0 Å². The lowest BCUT2D eigenvalue weighted by atomic mass is 9.90. The number of piperidine rings is 1. The summed E-state index contributed by atoms with van der Waals surface area (Å²) in [6.45, 7) is 4.30. The fourth-order valence-electron chi connectivity index (χ4n) is 3.38. The van der Waals surface area contributed by atoms with Crippen LogP contribution < -0.4 is 11.1 Å². The summed E-state index contributed by atoms with van der Waals surface area (Å²) in [6, 6.07) is 7.51. The molecule has 7 heteroatoms. The number of nitrogen functional groups attached to an aromatic ring is 1. The van der Waals surface area contributed by atoms with Crippen molar-refractivity contribution in [2.45, 2.75) is 32.7 Å². The Balaban J connectivity index is 1.79. The molecule has 1 aliphatic heterocycles. The number of carbonyl (C=O) groups excluding carboxylic acids is 2. The molecule has 0 saturated carbocycles. The average Bonchev–Trinajstić information content (AvgIpc) is 2.65. The zero-order chi connectivity index (χ0) is 19.6. The highest BCUT2D eigenvalue weighted by molar-refractivity contribution is 6.39. The van der Waals surface area contributed by atoms with E-state index in [2.05, 4.69) is 10.3 Å². The number of nitrogens with two attached hydrogens (primary N) is 1. The molecule has 0 bridgehead atoms. The third-order valence-electron chi connectivity index (χ3n) is 4.90. The largest absolute Gasteiger partial charge is 0.383 e. The van der Waals surface area contributed by atoms with Crippen LogP contribution in [0.15, 0.2) is 36.5 Å². The molecule has 2 aromatic rings. The van der Waals surface area contributed by atoms with E-state index in [4.69, 9.17) is 5.73 Å². The first-order chi connectivity index (χ1) is 12.8. The molecular weight excluding hydrogens is 347 g/mol. The third-order valence-corrected chi connectivity index (χ3v) is 4.90. The lowest BCUT2D eigenvalue weighted by molar-refractivity contribution is -0.146. The molecule has 27 heavy (non-hydrogen) atoms. The first kappa shape index (κ1) is 18.8. The molecule has 1 aromatic heterocycles. The summed E-state index contributed by atoms with van der Waals surface area (Å²) in [5.41, 5.74) is 7.65. The van der Waals surface area contributed by atoms with Gasteiger partial charge in [-0.25, -0.2) is 9.37 Å². The molecular formula is C20H23FN4O2. The number of nitrogens with zero attached hydrogens (tertiary/aromatic N) is 2. The molecule has 1 saturated heterocycles. The standard InChI is InChI=1S/C20H23FN4O2/c1-12-3-8-17(14-4-6-15(21)7-5-14)25(11-12)20(27)19(26)24-16-9-13(2)18(22)23-10-16/h4-7,9-10,12,17H,3,8,11H2,1-2H3,(H2,22,23)(H,24,26)/t12-,17+/m0/s1. The minimum absolute atomic E-state index is 0.244. The first-order valence-corrected chi connectivity index (χ1v) is 8.94. The van der Waals surface area contributed by atoms with E-state index < -0.39 is 11.8 Å². The van der Waals surface area contributed by atoms with Crippen LogP contribution >= 0.6 is 0 Å². The molecule has 1 fully saturated rings. The number of amides is 2. The van der Waals surface area contributed by atoms with Crippen LogP contribution in [-0.4, -0.2) is 28.2 Å². The van der Waals surface area contributed by atoms with E-state index in [0.29, 0.717) is 24.0 Å². The Morgan fingerprint density at radius 1 is 1.26 bits per heavy atom. The Morgan fingerprint density at radius 2 is 1.96 bits per heavy atom. The molecule has 6 nitrogen and oxygen atoms in total. The van der Waals surface area contributed by atoms with E-state index in [1.807, 2.05) is 6.92 Å². The van der Waals surface area contributed by atoms with E-state index in [9.17, 15) is 14.0 Å². The number of anilines is 2. The van der Waals surface area contributed by atoms with Gasteiger partial charge in [0.25, 0.3) is 0 Å². The second-order valence-corrected chi connectivity index (χ2v) is 7.09. The summed E-state index contributed by atoms with van der Waals surface area (Å²) < 4.78 is 13.2. The van der Waals surface area contributed by atoms with Crippen LogP contribution in [0.5, 0.6) is 0 Å². The Bertz CT molecular complexity index is 854. The highest BCUT2D eigenvalue weighted by Gasteiger charge is 2.34. The van der Waals surface area contributed by atoms with Crippen molar-refractivity contribution in [3.05, 3.63) is 53.5 Å². The van der Waals surface area contributed by atoms with Gasteiger partial charge in [-0.2, -0.15) is 0 Å². The van der Waals surface area contributed by atoms with Crippen LogP contribution in [0.25, 0.3) is 0 Å². The number of likely N-dealkylation sites (tertiary alicyclic amines) is 1. The monoisotopic (exact) mass is 370 g/mol. The van der Waals surface area contributed by atoms with Gasteiger partial charge < -0.3 is 16.0 Å². The zero-order valence-corrected chi connectivity index (χ0v) is 15.4. The Hall–Kier alpha value is -2.96. The summed E-state index contributed by atoms with van der Waals surface area (Å²) in [7, 11) is 0. The average molecular weight is 370 g/mol. The predicted molar refractivity (Wildman–Crippen MR) is 101 cm³/mol. The summed E-state index contributed by atoms with van der Waals surface area (Å²) >= 11 is 0. The van der Waals surface area contributed by atoms with Crippen molar-refractivity contribution >= 4 is 23.3 Å². The molecule has 0 spiro atoms. The van der Waals surface area contributed by atoms with Gasteiger partial charge in [-0.05, 0) is 55.0 Å². The number of hydrogen-bond acceptors (Lipinski definition) is 4. The maximum absolute atomic E-state index is 13.2. The van der Waals surface area contributed by atoms with Crippen LogP contribution in [0.4, 0.5) is 15.9 Å². The molecule has 142 valence electrons. The maximum atomic E-state index is 13.2. The molecule has 3 N–H and O–H groups in total. The first-order valence-electron chi connectivity index (χ1n) is 8.94. The van der Waals surface area contributed by atoms with Gasteiger partial charge in [-0.3, -0.25) is 9.59 Å². The van der Waals surface area contributed by atoms with Crippen molar-refractivity contribution < 1.29 is 14.0 Å². The Labute approximate surface area is 157 Å². The molecule has 1 aromatic carbocycles. The summed E-state index contributed by atoms with van der Waals surface area (Å²) in [6.07, 6.45) is 3.09. The molecule has 2 amide bonds. The van der Waals surface area contributed by atoms with Gasteiger partial charge in [0.15, 0.2) is 0 Å². The number of aromatic nitrogens is 1. The predicted octanol–water partition coefficient (Wildman–Crippen LogP) is 3.05. The van der Waals surface area contributed by atoms with Gasteiger partial charge >= 0.3 is 11.8 Å². The molecule has 1 aliphatic rings. The smallest absolute Gasteiger partial charge is 0.313 e. The Morgan fingerprint density at radius 3 is 2.63 bits per heavy atom. The van der Waals surface area contributed by atoms with Gasteiger partial charge in [0.2, 0.25) is 0 Å². The highest BCUT2D eigenvalue weighted by Crippen LogP contribution is 2.33. The van der Waals surface area contributed by atoms with Crippen LogP contribution in [-0.2, 0) is 9.59 Å². The SMILES string of the molecule is Cc1cc(NC(=O)C(=O)N2C[C@@H](C)CC[C@@H]2c2ccc(F)cc2)cnc1N. The molecule has 0 aliphatic carbocycles. The van der Waals surface area contributed by atoms with Crippen LogP contribution in [0.1, 0.15) is 36.9 Å². The molecule has 3 rings (SSSR count). The van der Waals surface area contributed by atoms with E-state index in [0.717, 1.165) is 24.0 Å². The fraction of sp³-hybridized carbons (Fsp3) is 0.350. The van der Waals surface area contributed by atoms with E-state index in [1.165, 1.54) is 18.3 Å². The number of rotatable bonds is 2. The normalized spacial score (nSPS) is 19.6. The van der Waals surface area contributed by atoms with Gasteiger partial charge in [-0.1, -0.05) is 19.1 Å². The van der Waals surface area contributed by atoms with Crippen molar-refractivity contribution in [3.8, 4) is 0 Å². The number of halogens is 1. The quantitative estimate of drug-likeness (QED) is 0.795. The van der Waals surface area contributed by atoms with E-state index in [-0.39, 0.29) is 11.9 Å². The number of pyridine rings is 1. The lowest BCUT2D eigenvalue weighted by Gasteiger charge is -2.38. The topological polar surface area (TPSA) is 88.3 Å². The summed E-state index contributed by atoms with van der Waals surface area (Å²) in [4.78, 5) is 30.9. The number of benzene rings is 1. The van der Waals surface area contributed by atoms with Crippen LogP contribution in [0.3, 0.4) is 0 Å². The summed E-state index contributed by atoms with van der Waals surface area (Å²) in [5, 5.41) is 2.59. The van der Waals surface area contributed by atoms with Gasteiger partial charge in [0, 0.05) is 6.54 Å². The minimum atomic E-state index is -0.720. The lowest BCUT2D eigenvalue weighted by Crippen LogP contribution is -2.46. The second kappa shape index (κ2) is 7.73. The third kappa shape index (κ3) is 4.24. The fourth-order valence-corrected chi connectivity index (χ4v) is 3.38. The Kier molecular flexibility index (Phi) is 5.39. The van der Waals surface area contributed by atoms with Crippen LogP contribution in [0, 0.1) is 18.7 Å². The molecule has 2 heterocycles. The zero-order valence-electron chi connectivity index (χ0n) is 15.4.